The fourth-order valence-corrected chi connectivity index (χ4v) is 3.36. The topological polar surface area (TPSA) is 111 Å². The molecule has 0 saturated carbocycles. The Bertz CT molecular complexity index is 1110. The van der Waals surface area contributed by atoms with Gasteiger partial charge in [-0.2, -0.15) is 5.10 Å². The van der Waals surface area contributed by atoms with Crippen molar-refractivity contribution in [2.24, 2.45) is 5.10 Å². The predicted octanol–water partition coefficient (Wildman–Crippen LogP) is 3.71. The molecule has 0 amide bonds. The summed E-state index contributed by atoms with van der Waals surface area (Å²) in [5, 5.41) is 19.5. The minimum atomic E-state index is -0.468. The highest BCUT2D eigenvalue weighted by molar-refractivity contribution is 5.78. The zero-order valence-electron chi connectivity index (χ0n) is 17.9. The number of phenolic OH excluding ortho intramolecular Hbond substituents is 1. The van der Waals surface area contributed by atoms with Crippen LogP contribution in [0.25, 0.3) is 0 Å². The molecule has 32 heavy (non-hydrogen) atoms. The van der Waals surface area contributed by atoms with E-state index in [1.807, 2.05) is 12.1 Å². The van der Waals surface area contributed by atoms with Gasteiger partial charge in [-0.05, 0) is 44.9 Å². The molecule has 1 fully saturated rings. The van der Waals surface area contributed by atoms with Gasteiger partial charge in [-0.15, -0.1) is 0 Å². The van der Waals surface area contributed by atoms with Crippen LogP contribution in [0.3, 0.4) is 0 Å². The van der Waals surface area contributed by atoms with Crippen molar-refractivity contribution in [3.63, 3.8) is 0 Å². The van der Waals surface area contributed by atoms with Crippen LogP contribution in [0, 0.1) is 12.7 Å². The second-order valence-electron chi connectivity index (χ2n) is 7.66. The number of anilines is 4. The number of aryl methyl sites for hydroxylation is 1. The smallest absolute Gasteiger partial charge is 0.243 e. The van der Waals surface area contributed by atoms with Crippen molar-refractivity contribution < 1.29 is 9.50 Å². The van der Waals surface area contributed by atoms with Crippen LogP contribution in [-0.2, 0) is 0 Å². The number of hydrogen-bond acceptors (Lipinski definition) is 9. The Morgan fingerprint density at radius 2 is 2.09 bits per heavy atom. The molecule has 3 aromatic rings. The molecule has 0 spiro atoms. The molecule has 0 aliphatic carbocycles. The number of aromatic hydroxyl groups is 1. The van der Waals surface area contributed by atoms with E-state index in [0.29, 0.717) is 11.7 Å². The van der Waals surface area contributed by atoms with Gasteiger partial charge >= 0.3 is 0 Å². The lowest BCUT2D eigenvalue weighted by Crippen LogP contribution is -2.48. The number of pyridine rings is 1. The van der Waals surface area contributed by atoms with Gasteiger partial charge in [-0.25, -0.2) is 25.2 Å². The summed E-state index contributed by atoms with van der Waals surface area (Å²) in [7, 11) is 0. The van der Waals surface area contributed by atoms with Crippen LogP contribution in [0.2, 0.25) is 0 Å². The summed E-state index contributed by atoms with van der Waals surface area (Å²) in [5.74, 6) is -0.0772. The Labute approximate surface area is 185 Å². The number of phenols is 1. The molecule has 1 aromatic carbocycles. The zero-order chi connectivity index (χ0) is 22.5. The fourth-order valence-electron chi connectivity index (χ4n) is 3.36. The van der Waals surface area contributed by atoms with E-state index in [0.717, 1.165) is 42.6 Å². The van der Waals surface area contributed by atoms with Gasteiger partial charge in [0.15, 0.2) is 5.82 Å². The van der Waals surface area contributed by atoms with Crippen LogP contribution in [0.4, 0.5) is 27.4 Å². The molecule has 4 N–H and O–H groups in total. The summed E-state index contributed by atoms with van der Waals surface area (Å²) in [5.41, 5.74) is 9.37. The number of benzene rings is 1. The van der Waals surface area contributed by atoms with Gasteiger partial charge in [0.05, 0.1) is 41.4 Å². The second-order valence-corrected chi connectivity index (χ2v) is 7.66. The number of rotatable bonds is 6. The predicted molar refractivity (Wildman–Crippen MR) is 123 cm³/mol. The summed E-state index contributed by atoms with van der Waals surface area (Å²) >= 11 is 0. The van der Waals surface area contributed by atoms with Crippen molar-refractivity contribution in [2.75, 3.05) is 22.3 Å². The molecular formula is C22H25FN8O. The Morgan fingerprint density at radius 3 is 2.84 bits per heavy atom. The van der Waals surface area contributed by atoms with Gasteiger partial charge in [0.2, 0.25) is 5.95 Å². The van der Waals surface area contributed by atoms with E-state index in [4.69, 9.17) is 0 Å². The van der Waals surface area contributed by atoms with Crippen LogP contribution in [0.5, 0.6) is 5.75 Å². The van der Waals surface area contributed by atoms with Crippen LogP contribution in [-0.4, -0.2) is 38.9 Å². The molecule has 9 nitrogen and oxygen atoms in total. The van der Waals surface area contributed by atoms with E-state index >= 15 is 0 Å². The van der Waals surface area contributed by atoms with Crippen molar-refractivity contribution >= 4 is 29.2 Å². The fraction of sp³-hybridized carbons (Fsp3) is 0.273. The van der Waals surface area contributed by atoms with E-state index in [1.54, 1.807) is 31.3 Å². The van der Waals surface area contributed by atoms with Crippen LogP contribution in [0.15, 0.2) is 47.8 Å². The molecule has 1 atom stereocenters. The van der Waals surface area contributed by atoms with Gasteiger partial charge in [-0.3, -0.25) is 4.98 Å². The maximum atomic E-state index is 13.2. The van der Waals surface area contributed by atoms with Crippen molar-refractivity contribution in [2.45, 2.75) is 32.7 Å². The minimum Gasteiger partial charge on any atom is -0.508 e. The molecule has 2 aromatic heterocycles. The number of halogens is 1. The second kappa shape index (κ2) is 9.56. The normalized spacial score (nSPS) is 16.3. The Hall–Kier alpha value is -3.79. The maximum absolute atomic E-state index is 13.2. The summed E-state index contributed by atoms with van der Waals surface area (Å²) in [6, 6.07) is 9.44. The molecule has 0 bridgehead atoms. The van der Waals surface area contributed by atoms with Crippen molar-refractivity contribution in [1.82, 2.24) is 20.4 Å². The van der Waals surface area contributed by atoms with Crippen LogP contribution >= 0.6 is 0 Å². The lowest BCUT2D eigenvalue weighted by atomic mass is 10.1. The highest BCUT2D eigenvalue weighted by atomic mass is 19.1. The highest BCUT2D eigenvalue weighted by Gasteiger charge is 2.17. The Balaban J connectivity index is 1.39. The first-order chi connectivity index (χ1) is 15.5. The van der Waals surface area contributed by atoms with E-state index in [9.17, 15) is 9.50 Å². The molecule has 4 rings (SSSR count). The average Bonchev–Trinajstić information content (AvgIpc) is 2.77. The first-order valence-corrected chi connectivity index (χ1v) is 10.4. The van der Waals surface area contributed by atoms with Crippen molar-refractivity contribution in [3.05, 3.63) is 59.9 Å². The number of hydrazine groups is 1. The third-order valence-corrected chi connectivity index (χ3v) is 4.97. The number of nitrogens with one attached hydrogen (secondary N) is 3. The first-order valence-electron chi connectivity index (χ1n) is 10.4. The molecule has 1 aliphatic heterocycles. The third kappa shape index (κ3) is 5.46. The SMILES string of the molecule is Cc1nc(N/N=C/c2ccc(Nc3cc(O)cc(N4CCCC(C)N4)c3)cn2)ncc1F. The Morgan fingerprint density at radius 1 is 1.22 bits per heavy atom. The maximum Gasteiger partial charge on any atom is 0.243 e. The molecule has 3 heterocycles. The first kappa shape index (κ1) is 21.4. The van der Waals surface area contributed by atoms with E-state index in [-0.39, 0.29) is 17.4 Å². The highest BCUT2D eigenvalue weighted by Crippen LogP contribution is 2.29. The lowest BCUT2D eigenvalue weighted by Gasteiger charge is -2.34. The van der Waals surface area contributed by atoms with Crippen molar-refractivity contribution in [3.8, 4) is 5.75 Å². The average molecular weight is 436 g/mol. The number of hydrogen-bond donors (Lipinski definition) is 4. The van der Waals surface area contributed by atoms with Crippen molar-refractivity contribution in [1.29, 1.82) is 0 Å². The summed E-state index contributed by atoms with van der Waals surface area (Å²) < 4.78 is 13.2. The van der Waals surface area contributed by atoms with E-state index in [1.165, 1.54) is 6.21 Å². The number of nitrogens with zero attached hydrogens (tertiary/aromatic N) is 5. The van der Waals surface area contributed by atoms with Gasteiger partial charge < -0.3 is 15.4 Å². The summed E-state index contributed by atoms with van der Waals surface area (Å²) in [6.07, 6.45) is 6.51. The molecule has 1 saturated heterocycles. The Kier molecular flexibility index (Phi) is 6.41. The largest absolute Gasteiger partial charge is 0.508 e. The zero-order valence-corrected chi connectivity index (χ0v) is 17.9. The van der Waals surface area contributed by atoms with Crippen LogP contribution < -0.4 is 21.2 Å². The quantitative estimate of drug-likeness (QED) is 0.342. The van der Waals surface area contributed by atoms with Crippen LogP contribution in [0.1, 0.15) is 31.2 Å². The molecule has 10 heteroatoms. The molecule has 0 radical (unpaired) electrons. The number of aromatic nitrogens is 3. The molecule has 166 valence electrons. The van der Waals surface area contributed by atoms with E-state index in [2.05, 4.69) is 48.2 Å². The monoisotopic (exact) mass is 436 g/mol. The third-order valence-electron chi connectivity index (χ3n) is 4.97. The lowest BCUT2D eigenvalue weighted by molar-refractivity contribution is 0.416. The van der Waals surface area contributed by atoms with Gasteiger partial charge in [0, 0.05) is 30.4 Å². The molecule has 1 unspecified atom stereocenters. The minimum absolute atomic E-state index is 0.186. The molecular weight excluding hydrogens is 411 g/mol. The number of hydrazone groups is 1. The van der Waals surface area contributed by atoms with Gasteiger partial charge in [0.25, 0.3) is 0 Å². The summed E-state index contributed by atoms with van der Waals surface area (Å²) in [6.45, 7) is 4.59. The van der Waals surface area contributed by atoms with Gasteiger partial charge in [-0.1, -0.05) is 0 Å². The van der Waals surface area contributed by atoms with E-state index < -0.39 is 5.82 Å². The molecule has 1 aliphatic rings. The van der Waals surface area contributed by atoms with Gasteiger partial charge in [0.1, 0.15) is 5.75 Å². The summed E-state index contributed by atoms with van der Waals surface area (Å²) in [4.78, 5) is 12.1. The standard InChI is InChI=1S/C22H25FN8O/c1-14-4-3-7-31(30-14)19-8-18(9-20(32)10-19)28-17-6-5-16(24-11-17)12-26-29-22-25-13-21(23)15(2)27-22/h5-6,8-14,28,30,32H,3-4,7H2,1-2H3,(H,25,27,29)/b26-12+.